The molecule has 0 radical (unpaired) electrons. The maximum Gasteiger partial charge on any atom is 0.0847 e. The molecule has 122 valence electrons. The Hall–Kier alpha value is -0.540. The van der Waals surface area contributed by atoms with Crippen molar-refractivity contribution >= 4 is 11.6 Å². The standard InChI is InChI=1S/C17H32ClN3/c1-5-7-8-9-10-11-12-15(19-4)13-16-17(18)14(3)20-21(16)6-2/h15,19H,5-13H2,1-4H3. The predicted molar refractivity (Wildman–Crippen MR) is 92.2 cm³/mol. The quantitative estimate of drug-likeness (QED) is 0.598. The van der Waals surface area contributed by atoms with E-state index in [1.165, 1.54) is 50.6 Å². The summed E-state index contributed by atoms with van der Waals surface area (Å²) in [4.78, 5) is 0. The van der Waals surface area contributed by atoms with E-state index in [1.807, 2.05) is 11.6 Å². The summed E-state index contributed by atoms with van der Waals surface area (Å²) in [5.74, 6) is 0. The van der Waals surface area contributed by atoms with Gasteiger partial charge in [-0.2, -0.15) is 5.10 Å². The van der Waals surface area contributed by atoms with Crippen LogP contribution in [0.4, 0.5) is 0 Å². The van der Waals surface area contributed by atoms with Crippen LogP contribution >= 0.6 is 11.6 Å². The summed E-state index contributed by atoms with van der Waals surface area (Å²) in [6, 6.07) is 0.495. The zero-order valence-corrected chi connectivity index (χ0v) is 15.0. The third kappa shape index (κ3) is 5.99. The molecule has 0 saturated carbocycles. The molecule has 0 aliphatic heterocycles. The summed E-state index contributed by atoms with van der Waals surface area (Å²) in [6.45, 7) is 7.25. The van der Waals surface area contributed by atoms with Gasteiger partial charge in [-0.15, -0.1) is 0 Å². The fourth-order valence-electron chi connectivity index (χ4n) is 2.82. The molecule has 0 fully saturated rings. The first-order valence-electron chi connectivity index (χ1n) is 8.53. The maximum atomic E-state index is 6.40. The van der Waals surface area contributed by atoms with E-state index in [2.05, 4.69) is 31.3 Å². The van der Waals surface area contributed by atoms with Crippen molar-refractivity contribution in [1.82, 2.24) is 15.1 Å². The summed E-state index contributed by atoms with van der Waals surface area (Å²) in [6.07, 6.45) is 10.3. The number of hydrogen-bond donors (Lipinski definition) is 1. The second-order valence-electron chi connectivity index (χ2n) is 5.91. The van der Waals surface area contributed by atoms with Crippen molar-refractivity contribution in [2.45, 2.75) is 84.7 Å². The van der Waals surface area contributed by atoms with Crippen LogP contribution in [0.15, 0.2) is 0 Å². The third-order valence-electron chi connectivity index (χ3n) is 4.21. The molecule has 0 bridgehead atoms. The first-order chi connectivity index (χ1) is 10.1. The number of likely N-dealkylation sites (N-methyl/N-ethyl adjacent to an activating group) is 1. The lowest BCUT2D eigenvalue weighted by molar-refractivity contribution is 0.464. The molecule has 1 aromatic rings. The van der Waals surface area contributed by atoms with Gasteiger partial charge in [-0.3, -0.25) is 4.68 Å². The topological polar surface area (TPSA) is 29.9 Å². The van der Waals surface area contributed by atoms with E-state index < -0.39 is 0 Å². The monoisotopic (exact) mass is 313 g/mol. The van der Waals surface area contributed by atoms with E-state index >= 15 is 0 Å². The molecule has 0 amide bonds. The Morgan fingerprint density at radius 2 is 1.81 bits per heavy atom. The summed E-state index contributed by atoms with van der Waals surface area (Å²) in [5, 5.41) is 8.79. The average molecular weight is 314 g/mol. The van der Waals surface area contributed by atoms with Gasteiger partial charge in [0.25, 0.3) is 0 Å². The van der Waals surface area contributed by atoms with Gasteiger partial charge >= 0.3 is 0 Å². The molecule has 0 aliphatic rings. The van der Waals surface area contributed by atoms with E-state index in [0.29, 0.717) is 6.04 Å². The number of nitrogens with one attached hydrogen (secondary N) is 1. The molecule has 3 nitrogen and oxygen atoms in total. The molecule has 1 unspecified atom stereocenters. The van der Waals surface area contributed by atoms with Gasteiger partial charge in [0, 0.05) is 19.0 Å². The minimum atomic E-state index is 0.495. The molecule has 1 atom stereocenters. The zero-order valence-electron chi connectivity index (χ0n) is 14.2. The van der Waals surface area contributed by atoms with Crippen LogP contribution in [0.3, 0.4) is 0 Å². The predicted octanol–water partition coefficient (Wildman–Crippen LogP) is 4.75. The highest BCUT2D eigenvalue weighted by molar-refractivity contribution is 6.31. The van der Waals surface area contributed by atoms with E-state index in [0.717, 1.165) is 23.7 Å². The van der Waals surface area contributed by atoms with Crippen LogP contribution < -0.4 is 5.32 Å². The van der Waals surface area contributed by atoms with Crippen molar-refractivity contribution in [2.24, 2.45) is 0 Å². The molecule has 0 spiro atoms. The lowest BCUT2D eigenvalue weighted by atomic mass is 10.0. The van der Waals surface area contributed by atoms with Crippen molar-refractivity contribution < 1.29 is 0 Å². The summed E-state index contributed by atoms with van der Waals surface area (Å²) < 4.78 is 2.04. The lowest BCUT2D eigenvalue weighted by Crippen LogP contribution is -2.28. The summed E-state index contributed by atoms with van der Waals surface area (Å²) in [7, 11) is 2.05. The average Bonchev–Trinajstić information content (AvgIpc) is 2.76. The van der Waals surface area contributed by atoms with E-state index in [9.17, 15) is 0 Å². The van der Waals surface area contributed by atoms with Crippen molar-refractivity contribution in [3.05, 3.63) is 16.4 Å². The minimum Gasteiger partial charge on any atom is -0.317 e. The molecular formula is C17H32ClN3. The molecule has 0 aromatic carbocycles. The number of hydrogen-bond acceptors (Lipinski definition) is 2. The van der Waals surface area contributed by atoms with Crippen LogP contribution in [0.5, 0.6) is 0 Å². The molecule has 1 heterocycles. The Morgan fingerprint density at radius 1 is 1.14 bits per heavy atom. The van der Waals surface area contributed by atoms with Gasteiger partial charge in [-0.25, -0.2) is 0 Å². The molecule has 21 heavy (non-hydrogen) atoms. The Morgan fingerprint density at radius 3 is 2.43 bits per heavy atom. The number of unbranched alkanes of at least 4 members (excludes halogenated alkanes) is 5. The van der Waals surface area contributed by atoms with Crippen molar-refractivity contribution in [2.75, 3.05) is 7.05 Å². The SMILES string of the molecule is CCCCCCCCC(Cc1c(Cl)c(C)nn1CC)NC. The fraction of sp³-hybridized carbons (Fsp3) is 0.824. The van der Waals surface area contributed by atoms with E-state index in [-0.39, 0.29) is 0 Å². The highest BCUT2D eigenvalue weighted by Crippen LogP contribution is 2.22. The van der Waals surface area contributed by atoms with E-state index in [1.54, 1.807) is 0 Å². The largest absolute Gasteiger partial charge is 0.317 e. The van der Waals surface area contributed by atoms with Gasteiger partial charge in [0.05, 0.1) is 16.4 Å². The smallest absolute Gasteiger partial charge is 0.0847 e. The number of aromatic nitrogens is 2. The Bertz CT molecular complexity index is 401. The maximum absolute atomic E-state index is 6.40. The second-order valence-corrected chi connectivity index (χ2v) is 6.29. The van der Waals surface area contributed by atoms with Gasteiger partial charge in [0.15, 0.2) is 0 Å². The molecule has 0 saturated heterocycles. The molecule has 0 aliphatic carbocycles. The summed E-state index contributed by atoms with van der Waals surface area (Å²) >= 11 is 6.40. The number of rotatable bonds is 11. The first-order valence-corrected chi connectivity index (χ1v) is 8.90. The summed E-state index contributed by atoms with van der Waals surface area (Å²) in [5.41, 5.74) is 2.13. The molecule has 1 aromatic heterocycles. The van der Waals surface area contributed by atoms with Crippen molar-refractivity contribution in [3.8, 4) is 0 Å². The van der Waals surface area contributed by atoms with E-state index in [4.69, 9.17) is 11.6 Å². The van der Waals surface area contributed by atoms with Crippen LogP contribution in [0.2, 0.25) is 5.02 Å². The normalized spacial score (nSPS) is 12.8. The van der Waals surface area contributed by atoms with Gasteiger partial charge in [0.2, 0.25) is 0 Å². The first kappa shape index (κ1) is 18.5. The molecular weight excluding hydrogens is 282 g/mol. The fourth-order valence-corrected chi connectivity index (χ4v) is 3.03. The van der Waals surface area contributed by atoms with Gasteiger partial charge in [-0.05, 0) is 27.3 Å². The molecule has 4 heteroatoms. The van der Waals surface area contributed by atoms with Crippen LogP contribution in [0, 0.1) is 6.92 Å². The van der Waals surface area contributed by atoms with Crippen LogP contribution in [0.25, 0.3) is 0 Å². The Labute approximate surface area is 135 Å². The highest BCUT2D eigenvalue weighted by atomic mass is 35.5. The van der Waals surface area contributed by atoms with Crippen molar-refractivity contribution in [3.63, 3.8) is 0 Å². The van der Waals surface area contributed by atoms with Gasteiger partial charge in [0.1, 0.15) is 0 Å². The number of halogens is 1. The second kappa shape index (κ2) is 10.2. The minimum absolute atomic E-state index is 0.495. The number of aryl methyl sites for hydroxylation is 2. The van der Waals surface area contributed by atoms with Crippen LogP contribution in [-0.2, 0) is 13.0 Å². The molecule has 1 N–H and O–H groups in total. The Balaban J connectivity index is 2.43. The van der Waals surface area contributed by atoms with Gasteiger partial charge < -0.3 is 5.32 Å². The number of nitrogens with zero attached hydrogens (tertiary/aromatic N) is 2. The van der Waals surface area contributed by atoms with Crippen molar-refractivity contribution in [1.29, 1.82) is 0 Å². The zero-order chi connectivity index (χ0) is 15.7. The Kier molecular flexibility index (Phi) is 9.02. The van der Waals surface area contributed by atoms with Crippen LogP contribution in [-0.4, -0.2) is 22.9 Å². The molecule has 1 rings (SSSR count). The van der Waals surface area contributed by atoms with Crippen LogP contribution in [0.1, 0.15) is 70.2 Å². The lowest BCUT2D eigenvalue weighted by Gasteiger charge is -2.17. The third-order valence-corrected chi connectivity index (χ3v) is 4.70. The highest BCUT2D eigenvalue weighted by Gasteiger charge is 2.16. The van der Waals surface area contributed by atoms with Gasteiger partial charge in [-0.1, -0.05) is 57.0 Å².